The van der Waals surface area contributed by atoms with Gasteiger partial charge >= 0.3 is 12.0 Å². The topological polar surface area (TPSA) is 70.1 Å². The molecule has 1 aromatic rings. The predicted octanol–water partition coefficient (Wildman–Crippen LogP) is 2.36. The monoisotopic (exact) mass is 298 g/mol. The van der Waals surface area contributed by atoms with E-state index in [-0.39, 0.29) is 0 Å². The number of esters is 1. The lowest BCUT2D eigenvalue weighted by Gasteiger charge is -2.36. The van der Waals surface area contributed by atoms with Gasteiger partial charge in [-0.2, -0.15) is 5.06 Å². The minimum absolute atomic E-state index is 0.313. The Hall–Kier alpha value is -1.79. The Morgan fingerprint density at radius 1 is 1.45 bits per heavy atom. The van der Waals surface area contributed by atoms with Crippen LogP contribution in [-0.4, -0.2) is 46.5 Å². The van der Waals surface area contributed by atoms with Crippen LogP contribution in [0.5, 0.6) is 0 Å². The van der Waals surface area contributed by atoms with E-state index in [1.165, 1.54) is 17.0 Å². The number of urea groups is 1. The first-order valence-corrected chi connectivity index (χ1v) is 6.64. The van der Waals surface area contributed by atoms with Gasteiger partial charge in [-0.25, -0.2) is 9.59 Å². The second kappa shape index (κ2) is 6.11. The van der Waals surface area contributed by atoms with Crippen molar-refractivity contribution in [1.82, 2.24) is 9.96 Å². The van der Waals surface area contributed by atoms with E-state index in [9.17, 15) is 14.8 Å². The van der Waals surface area contributed by atoms with Crippen molar-refractivity contribution in [2.75, 3.05) is 13.1 Å². The molecule has 0 spiro atoms. The number of hydrogen-bond acceptors (Lipinski definition) is 4. The van der Waals surface area contributed by atoms with E-state index >= 15 is 0 Å². The van der Waals surface area contributed by atoms with Gasteiger partial charge in [-0.15, -0.1) is 0 Å². The number of ether oxygens (including phenoxy) is 1. The molecule has 0 aliphatic carbocycles. The van der Waals surface area contributed by atoms with Crippen LogP contribution >= 0.6 is 11.6 Å². The molecule has 1 aliphatic rings. The normalized spacial score (nSPS) is 19.1. The van der Waals surface area contributed by atoms with Crippen molar-refractivity contribution in [3.63, 3.8) is 0 Å². The Labute approximate surface area is 121 Å². The number of hydroxylamine groups is 2. The maximum atomic E-state index is 11.9. The third kappa shape index (κ3) is 3.02. The van der Waals surface area contributed by atoms with E-state index in [0.29, 0.717) is 35.2 Å². The summed E-state index contributed by atoms with van der Waals surface area (Å²) in [6.07, 6.45) is -0.608. The lowest BCUT2D eigenvalue weighted by atomic mass is 10.2. The smallest absolute Gasteiger partial charge is 0.347 e. The molecule has 2 amide bonds. The average molecular weight is 299 g/mol. The quantitative estimate of drug-likeness (QED) is 0.687. The minimum atomic E-state index is -0.964. The molecule has 108 valence electrons. The molecule has 1 aromatic carbocycles. The Balaban J connectivity index is 2.01. The van der Waals surface area contributed by atoms with Gasteiger partial charge < -0.3 is 9.64 Å². The van der Waals surface area contributed by atoms with Gasteiger partial charge in [-0.3, -0.25) is 5.21 Å². The van der Waals surface area contributed by atoms with Gasteiger partial charge in [0.25, 0.3) is 0 Å². The van der Waals surface area contributed by atoms with Crippen molar-refractivity contribution >= 4 is 23.6 Å². The molecular weight excluding hydrogens is 284 g/mol. The summed E-state index contributed by atoms with van der Waals surface area (Å²) in [6, 6.07) is 5.62. The number of carbonyl (C=O) groups is 2. The number of benzene rings is 1. The first-order chi connectivity index (χ1) is 9.52. The summed E-state index contributed by atoms with van der Waals surface area (Å²) in [4.78, 5) is 25.1. The zero-order valence-corrected chi connectivity index (χ0v) is 11.7. The molecule has 1 N–H and O–H groups in total. The lowest BCUT2D eigenvalue weighted by molar-refractivity contribution is -0.179. The van der Waals surface area contributed by atoms with Gasteiger partial charge in [0.1, 0.15) is 0 Å². The van der Waals surface area contributed by atoms with Crippen molar-refractivity contribution in [2.45, 2.75) is 19.6 Å². The van der Waals surface area contributed by atoms with Crippen molar-refractivity contribution in [3.8, 4) is 0 Å². The summed E-state index contributed by atoms with van der Waals surface area (Å²) in [6.45, 7) is 2.74. The van der Waals surface area contributed by atoms with Gasteiger partial charge in [-0.05, 0) is 31.2 Å². The zero-order chi connectivity index (χ0) is 14.7. The highest BCUT2D eigenvalue weighted by Gasteiger charge is 2.34. The zero-order valence-electron chi connectivity index (χ0n) is 11.0. The van der Waals surface area contributed by atoms with Gasteiger partial charge in [-0.1, -0.05) is 11.6 Å². The highest BCUT2D eigenvalue weighted by Crippen LogP contribution is 2.17. The molecule has 20 heavy (non-hydrogen) atoms. The molecule has 0 bridgehead atoms. The summed E-state index contributed by atoms with van der Waals surface area (Å²) >= 11 is 5.73. The van der Waals surface area contributed by atoms with Gasteiger partial charge in [0.2, 0.25) is 6.23 Å². The van der Waals surface area contributed by atoms with Crippen molar-refractivity contribution in [2.24, 2.45) is 0 Å². The average Bonchev–Trinajstić information content (AvgIpc) is 2.45. The van der Waals surface area contributed by atoms with Crippen LogP contribution in [0.15, 0.2) is 24.3 Å². The van der Waals surface area contributed by atoms with Crippen LogP contribution in [0.1, 0.15) is 23.7 Å². The predicted molar refractivity (Wildman–Crippen MR) is 71.5 cm³/mol. The number of amides is 2. The number of hydrogen-bond donors (Lipinski definition) is 1. The number of halogens is 1. The van der Waals surface area contributed by atoms with E-state index in [2.05, 4.69) is 0 Å². The van der Waals surface area contributed by atoms with E-state index < -0.39 is 18.2 Å². The van der Waals surface area contributed by atoms with Crippen LogP contribution < -0.4 is 0 Å². The second-order valence-corrected chi connectivity index (χ2v) is 4.80. The molecule has 1 aliphatic heterocycles. The molecule has 1 heterocycles. The van der Waals surface area contributed by atoms with E-state index in [1.807, 2.05) is 6.92 Å². The summed E-state index contributed by atoms with van der Waals surface area (Å²) in [5.41, 5.74) is 0.313. The summed E-state index contributed by atoms with van der Waals surface area (Å²) in [5.74, 6) is -0.608. The van der Waals surface area contributed by atoms with Crippen LogP contribution in [0.3, 0.4) is 0 Å². The second-order valence-electron chi connectivity index (χ2n) is 4.36. The molecule has 1 saturated heterocycles. The Morgan fingerprint density at radius 3 is 2.70 bits per heavy atom. The lowest BCUT2D eigenvalue weighted by Crippen LogP contribution is -2.54. The van der Waals surface area contributed by atoms with Crippen LogP contribution in [-0.2, 0) is 4.74 Å². The molecule has 0 radical (unpaired) electrons. The van der Waals surface area contributed by atoms with Crippen molar-refractivity contribution in [1.29, 1.82) is 0 Å². The summed E-state index contributed by atoms with van der Waals surface area (Å²) in [7, 11) is 0. The molecule has 1 atom stereocenters. The van der Waals surface area contributed by atoms with Crippen LogP contribution in [0, 0.1) is 0 Å². The van der Waals surface area contributed by atoms with Crippen LogP contribution in [0.25, 0.3) is 0 Å². The van der Waals surface area contributed by atoms with E-state index in [1.54, 1.807) is 12.1 Å². The minimum Gasteiger partial charge on any atom is -0.435 e. The van der Waals surface area contributed by atoms with Crippen molar-refractivity contribution < 1.29 is 19.5 Å². The van der Waals surface area contributed by atoms with Gasteiger partial charge in [0, 0.05) is 24.5 Å². The third-order valence-corrected chi connectivity index (χ3v) is 3.34. The first-order valence-electron chi connectivity index (χ1n) is 6.26. The molecule has 6 nitrogen and oxygen atoms in total. The largest absolute Gasteiger partial charge is 0.435 e. The third-order valence-electron chi connectivity index (χ3n) is 3.09. The van der Waals surface area contributed by atoms with Gasteiger partial charge in [0.05, 0.1) is 5.56 Å². The Bertz CT molecular complexity index is 506. The van der Waals surface area contributed by atoms with Crippen molar-refractivity contribution in [3.05, 3.63) is 34.9 Å². The maximum Gasteiger partial charge on any atom is 0.347 e. The fourth-order valence-corrected chi connectivity index (χ4v) is 2.06. The first kappa shape index (κ1) is 14.6. The molecule has 0 saturated carbocycles. The molecule has 1 fully saturated rings. The van der Waals surface area contributed by atoms with E-state index in [0.717, 1.165) is 0 Å². The SMILES string of the molecule is CCN1CCC(OC(=O)c2ccc(Cl)cc2)N(O)C1=O. The van der Waals surface area contributed by atoms with Crippen LogP contribution in [0.2, 0.25) is 5.02 Å². The Morgan fingerprint density at radius 2 is 2.10 bits per heavy atom. The number of nitrogens with zero attached hydrogens (tertiary/aromatic N) is 2. The Kier molecular flexibility index (Phi) is 4.46. The maximum absolute atomic E-state index is 11.9. The summed E-state index contributed by atoms with van der Waals surface area (Å²) in [5, 5.41) is 10.7. The van der Waals surface area contributed by atoms with Crippen LogP contribution in [0.4, 0.5) is 4.79 Å². The molecule has 7 heteroatoms. The fourth-order valence-electron chi connectivity index (χ4n) is 1.93. The standard InChI is InChI=1S/C13H15ClN2O4/c1-2-15-8-7-11(16(19)13(15)18)20-12(17)9-3-5-10(14)6-4-9/h3-6,11,19H,2,7-8H2,1H3. The van der Waals surface area contributed by atoms with E-state index in [4.69, 9.17) is 16.3 Å². The fraction of sp³-hybridized carbons (Fsp3) is 0.385. The molecule has 2 rings (SSSR count). The summed E-state index contributed by atoms with van der Waals surface area (Å²) < 4.78 is 5.14. The van der Waals surface area contributed by atoms with Gasteiger partial charge in [0.15, 0.2) is 0 Å². The number of rotatable bonds is 3. The molecular formula is C13H15ClN2O4. The molecule has 1 unspecified atom stereocenters. The highest BCUT2D eigenvalue weighted by atomic mass is 35.5. The number of carbonyl (C=O) groups excluding carboxylic acids is 2. The molecule has 0 aromatic heterocycles. The highest BCUT2D eigenvalue weighted by molar-refractivity contribution is 6.30.